The summed E-state index contributed by atoms with van der Waals surface area (Å²) in [5, 5.41) is 2.76. The average molecular weight is 382 g/mol. The molecule has 1 N–H and O–H groups in total. The lowest BCUT2D eigenvalue weighted by Crippen LogP contribution is -2.27. The molecule has 25 heavy (non-hydrogen) atoms. The highest BCUT2D eigenvalue weighted by Crippen LogP contribution is 2.27. The van der Waals surface area contributed by atoms with Crippen molar-refractivity contribution in [2.45, 2.75) is 30.0 Å². The first-order valence-electron chi connectivity index (χ1n) is 8.05. The number of carbonyl (C=O) groups is 1. The van der Waals surface area contributed by atoms with Crippen LogP contribution < -0.4 is 5.32 Å². The third-order valence-corrected chi connectivity index (χ3v) is 7.49. The predicted molar refractivity (Wildman–Crippen MR) is 94.3 cm³/mol. The Hall–Kier alpha value is -1.77. The van der Waals surface area contributed by atoms with Gasteiger partial charge in [0.05, 0.1) is 6.42 Å². The quantitative estimate of drug-likeness (QED) is 0.835. The fourth-order valence-corrected chi connectivity index (χ4v) is 5.70. The van der Waals surface area contributed by atoms with Gasteiger partial charge < -0.3 is 5.32 Å². The molecule has 1 aliphatic heterocycles. The van der Waals surface area contributed by atoms with Gasteiger partial charge in [-0.2, -0.15) is 4.31 Å². The average Bonchev–Trinajstić information content (AvgIpc) is 3.26. The predicted octanol–water partition coefficient (Wildman–Crippen LogP) is 2.53. The van der Waals surface area contributed by atoms with Gasteiger partial charge in [0, 0.05) is 24.5 Å². The summed E-state index contributed by atoms with van der Waals surface area (Å²) in [7, 11) is -3.43. The third-order valence-electron chi connectivity index (χ3n) is 4.03. The number of amides is 1. The molecule has 0 spiro atoms. The summed E-state index contributed by atoms with van der Waals surface area (Å²) in [6, 6.07) is 9.17. The zero-order valence-electron chi connectivity index (χ0n) is 13.6. The minimum atomic E-state index is -3.43. The van der Waals surface area contributed by atoms with E-state index in [1.54, 1.807) is 24.3 Å². The fraction of sp³-hybridized carbons (Fsp3) is 0.353. The Kier molecular flexibility index (Phi) is 5.51. The highest BCUT2D eigenvalue weighted by molar-refractivity contribution is 7.91. The van der Waals surface area contributed by atoms with Crippen molar-refractivity contribution < 1.29 is 17.6 Å². The molecule has 0 unspecified atom stereocenters. The molecule has 1 saturated heterocycles. The van der Waals surface area contributed by atoms with Crippen molar-refractivity contribution in [3.05, 3.63) is 52.7 Å². The van der Waals surface area contributed by atoms with Gasteiger partial charge in [-0.25, -0.2) is 12.8 Å². The monoisotopic (exact) mass is 382 g/mol. The molecule has 134 valence electrons. The van der Waals surface area contributed by atoms with Gasteiger partial charge in [0.2, 0.25) is 5.91 Å². The van der Waals surface area contributed by atoms with Gasteiger partial charge in [0.1, 0.15) is 10.0 Å². The zero-order chi connectivity index (χ0) is 17.9. The van der Waals surface area contributed by atoms with Crippen LogP contribution in [0.5, 0.6) is 0 Å². The van der Waals surface area contributed by atoms with Gasteiger partial charge in [-0.3, -0.25) is 4.79 Å². The Morgan fingerprint density at radius 3 is 2.48 bits per heavy atom. The molecular weight excluding hydrogens is 363 g/mol. The maximum Gasteiger partial charge on any atom is 0.252 e. The van der Waals surface area contributed by atoms with Crippen molar-refractivity contribution in [1.82, 2.24) is 9.62 Å². The summed E-state index contributed by atoms with van der Waals surface area (Å²) in [5.74, 6) is -0.517. The Balaban J connectivity index is 1.57. The molecule has 2 aromatic rings. The third kappa shape index (κ3) is 4.45. The van der Waals surface area contributed by atoms with E-state index in [1.807, 2.05) is 0 Å². The van der Waals surface area contributed by atoms with E-state index < -0.39 is 10.0 Å². The largest absolute Gasteiger partial charge is 0.352 e. The van der Waals surface area contributed by atoms with Crippen LogP contribution in [0.2, 0.25) is 0 Å². The van der Waals surface area contributed by atoms with Gasteiger partial charge >= 0.3 is 0 Å². The Labute approximate surface area is 150 Å². The van der Waals surface area contributed by atoms with E-state index in [1.165, 1.54) is 16.4 Å². The second kappa shape index (κ2) is 7.63. The molecule has 0 atom stereocenters. The first-order valence-corrected chi connectivity index (χ1v) is 10.3. The highest BCUT2D eigenvalue weighted by Gasteiger charge is 2.28. The van der Waals surface area contributed by atoms with Crippen molar-refractivity contribution in [2.75, 3.05) is 13.1 Å². The van der Waals surface area contributed by atoms with Crippen LogP contribution in [0.15, 0.2) is 40.6 Å². The standard InChI is InChI=1S/C17H19FN2O3S2/c18-14-5-3-13(4-6-14)12-19-16(21)11-15-7-8-17(24-15)25(22,23)20-9-1-2-10-20/h3-8H,1-2,9-12H2,(H,19,21). The number of thiophene rings is 1. The first kappa shape index (κ1) is 18.0. The number of hydrogen-bond donors (Lipinski definition) is 1. The topological polar surface area (TPSA) is 66.5 Å². The highest BCUT2D eigenvalue weighted by atomic mass is 32.2. The number of carbonyl (C=O) groups excluding carboxylic acids is 1. The van der Waals surface area contributed by atoms with E-state index in [0.29, 0.717) is 24.5 Å². The van der Waals surface area contributed by atoms with Crippen molar-refractivity contribution in [3.63, 3.8) is 0 Å². The second-order valence-electron chi connectivity index (χ2n) is 5.91. The second-order valence-corrected chi connectivity index (χ2v) is 9.25. The van der Waals surface area contributed by atoms with E-state index in [-0.39, 0.29) is 22.4 Å². The minimum absolute atomic E-state index is 0.126. The molecule has 5 nitrogen and oxygen atoms in total. The molecule has 3 rings (SSSR count). The normalized spacial score (nSPS) is 15.4. The number of sulfonamides is 1. The molecule has 0 radical (unpaired) electrons. The number of rotatable bonds is 6. The summed E-state index contributed by atoms with van der Waals surface area (Å²) >= 11 is 1.14. The van der Waals surface area contributed by atoms with Crippen molar-refractivity contribution in [2.24, 2.45) is 0 Å². The summed E-state index contributed by atoms with van der Waals surface area (Å²) < 4.78 is 39.6. The number of nitrogens with one attached hydrogen (secondary N) is 1. The zero-order valence-corrected chi connectivity index (χ0v) is 15.2. The number of halogens is 1. The van der Waals surface area contributed by atoms with E-state index in [2.05, 4.69) is 5.32 Å². The van der Waals surface area contributed by atoms with Crippen LogP contribution in [0.4, 0.5) is 4.39 Å². The summed E-state index contributed by atoms with van der Waals surface area (Å²) in [6.45, 7) is 1.44. The van der Waals surface area contributed by atoms with Gasteiger partial charge in [-0.05, 0) is 42.7 Å². The van der Waals surface area contributed by atoms with Crippen LogP contribution in [0.1, 0.15) is 23.3 Å². The smallest absolute Gasteiger partial charge is 0.252 e. The molecule has 0 aliphatic carbocycles. The molecule has 1 aromatic carbocycles. The minimum Gasteiger partial charge on any atom is -0.352 e. The van der Waals surface area contributed by atoms with Crippen LogP contribution in [0.3, 0.4) is 0 Å². The molecule has 8 heteroatoms. The Morgan fingerprint density at radius 2 is 1.80 bits per heavy atom. The van der Waals surface area contributed by atoms with Gasteiger partial charge in [0.25, 0.3) is 10.0 Å². The lowest BCUT2D eigenvalue weighted by molar-refractivity contribution is -0.120. The van der Waals surface area contributed by atoms with E-state index in [0.717, 1.165) is 29.7 Å². The molecular formula is C17H19FN2O3S2. The molecule has 1 amide bonds. The molecule has 0 saturated carbocycles. The molecule has 0 bridgehead atoms. The van der Waals surface area contributed by atoms with Gasteiger partial charge in [0.15, 0.2) is 0 Å². The van der Waals surface area contributed by atoms with Crippen molar-refractivity contribution in [1.29, 1.82) is 0 Å². The number of benzene rings is 1. The van der Waals surface area contributed by atoms with Crippen LogP contribution in [-0.4, -0.2) is 31.7 Å². The molecule has 1 aliphatic rings. The lowest BCUT2D eigenvalue weighted by Gasteiger charge is -2.13. The first-order chi connectivity index (χ1) is 11.9. The molecule has 2 heterocycles. The van der Waals surface area contributed by atoms with E-state index in [4.69, 9.17) is 0 Å². The van der Waals surface area contributed by atoms with Gasteiger partial charge in [-0.1, -0.05) is 12.1 Å². The van der Waals surface area contributed by atoms with E-state index >= 15 is 0 Å². The fourth-order valence-electron chi connectivity index (χ4n) is 2.67. The van der Waals surface area contributed by atoms with Gasteiger partial charge in [-0.15, -0.1) is 11.3 Å². The van der Waals surface area contributed by atoms with Crippen molar-refractivity contribution >= 4 is 27.3 Å². The molecule has 1 aromatic heterocycles. The maximum atomic E-state index is 12.8. The maximum absolute atomic E-state index is 12.8. The molecule has 1 fully saturated rings. The van der Waals surface area contributed by atoms with E-state index in [9.17, 15) is 17.6 Å². The Morgan fingerprint density at radius 1 is 1.12 bits per heavy atom. The summed E-state index contributed by atoms with van der Waals surface area (Å²) in [6.07, 6.45) is 1.91. The van der Waals surface area contributed by atoms with Crippen LogP contribution in [0.25, 0.3) is 0 Å². The summed E-state index contributed by atoms with van der Waals surface area (Å²) in [4.78, 5) is 12.7. The van der Waals surface area contributed by atoms with Crippen LogP contribution in [-0.2, 0) is 27.8 Å². The Bertz CT molecular complexity index is 841. The van der Waals surface area contributed by atoms with Crippen LogP contribution in [0, 0.1) is 5.82 Å². The van der Waals surface area contributed by atoms with Crippen LogP contribution >= 0.6 is 11.3 Å². The SMILES string of the molecule is O=C(Cc1ccc(S(=O)(=O)N2CCCC2)s1)NCc1ccc(F)cc1. The number of hydrogen-bond acceptors (Lipinski definition) is 4. The van der Waals surface area contributed by atoms with Crippen molar-refractivity contribution in [3.8, 4) is 0 Å². The lowest BCUT2D eigenvalue weighted by atomic mass is 10.2. The summed E-state index contributed by atoms with van der Waals surface area (Å²) in [5.41, 5.74) is 0.804. The number of nitrogens with zero attached hydrogens (tertiary/aromatic N) is 1.